The normalized spacial score (nSPS) is 12.1. The van der Waals surface area contributed by atoms with E-state index >= 15 is 0 Å². The van der Waals surface area contributed by atoms with E-state index in [2.05, 4.69) is 49.2 Å². The van der Waals surface area contributed by atoms with Gasteiger partial charge in [0.05, 0.1) is 6.67 Å². The molecule has 1 N–H and O–H groups in total. The molecule has 0 aromatic carbocycles. The van der Waals surface area contributed by atoms with E-state index in [1.807, 2.05) is 6.20 Å². The summed E-state index contributed by atoms with van der Waals surface area (Å²) in [4.78, 5) is 15.0. The molecule has 1 aliphatic heterocycles. The van der Waals surface area contributed by atoms with Crippen molar-refractivity contribution in [1.82, 2.24) is 9.80 Å². The number of aliphatic carboxylic acids is 1. The third-order valence-electron chi connectivity index (χ3n) is 7.98. The Hall–Kier alpha value is -1.23. The molecule has 0 bridgehead atoms. The summed E-state index contributed by atoms with van der Waals surface area (Å²) in [7, 11) is 0. The number of halogens is 1. The van der Waals surface area contributed by atoms with Crippen LogP contribution in [0.3, 0.4) is 0 Å². The quantitative estimate of drug-likeness (QED) is 0.0682. The average molecular weight is 642 g/mol. The second-order valence-electron chi connectivity index (χ2n) is 11.9. The number of hydrogen-bond donors (Lipinski definition) is 1. The minimum Gasteiger partial charge on any atom is -0.478 e. The Morgan fingerprint density at radius 1 is 0.659 bits per heavy atom. The summed E-state index contributed by atoms with van der Waals surface area (Å²) in [5.74, 6) is -0.844. The fourth-order valence-electron chi connectivity index (χ4n) is 5.19. The molecule has 4 nitrogen and oxygen atoms in total. The maximum absolute atomic E-state index is 10.5. The lowest BCUT2D eigenvalue weighted by molar-refractivity contribution is -0.132. The van der Waals surface area contributed by atoms with Crippen LogP contribution in [0.25, 0.3) is 0 Å². The van der Waals surface area contributed by atoms with Gasteiger partial charge in [-0.05, 0) is 25.5 Å². The smallest absolute Gasteiger partial charge is 0.330 e. The Bertz CT molecular complexity index is 623. The number of hydrogen-bond acceptors (Lipinski definition) is 3. The van der Waals surface area contributed by atoms with Crippen LogP contribution in [-0.4, -0.2) is 34.1 Å². The van der Waals surface area contributed by atoms with Gasteiger partial charge in [0.15, 0.2) is 0 Å². The van der Waals surface area contributed by atoms with Crippen LogP contribution in [0.15, 0.2) is 37.3 Å². The van der Waals surface area contributed by atoms with Crippen molar-refractivity contribution in [3.8, 4) is 0 Å². The number of nitrogens with zero attached hydrogens (tertiary/aromatic N) is 2. The van der Waals surface area contributed by atoms with Crippen LogP contribution in [-0.2, 0) is 4.79 Å². The number of carboxylic acid groups (broad SMARTS) is 1. The van der Waals surface area contributed by atoms with Crippen LogP contribution in [0, 0.1) is 0 Å². The number of carbonyl (C=O) groups is 1. The van der Waals surface area contributed by atoms with E-state index in [-0.39, 0.29) is 17.0 Å². The summed E-state index contributed by atoms with van der Waals surface area (Å²) in [6.07, 6.45) is 39.6. The molecule has 1 rings (SSSR count). The zero-order valence-electron chi connectivity index (χ0n) is 27.4. The molecule has 0 fully saturated rings. The van der Waals surface area contributed by atoms with Gasteiger partial charge >= 0.3 is 5.97 Å². The lowest BCUT2D eigenvalue weighted by Crippen LogP contribution is -2.22. The van der Waals surface area contributed by atoms with Crippen LogP contribution in [0.5, 0.6) is 0 Å². The summed E-state index contributed by atoms with van der Waals surface area (Å²) in [6, 6.07) is 0. The number of carboxylic acids is 1. The van der Waals surface area contributed by atoms with Crippen LogP contribution < -0.4 is 0 Å². The Kier molecular flexibility index (Phi) is 34.0. The molecule has 242 valence electrons. The van der Waals surface area contributed by atoms with Gasteiger partial charge in [-0.1, -0.05) is 168 Å². The van der Waals surface area contributed by atoms with Crippen molar-refractivity contribution >= 4 is 23.0 Å². The predicted octanol–water partition coefficient (Wildman–Crippen LogP) is 12.2. The average Bonchev–Trinajstić information content (AvgIpc) is 3.42. The van der Waals surface area contributed by atoms with Crippen molar-refractivity contribution in [2.75, 3.05) is 13.2 Å². The van der Waals surface area contributed by atoms with Crippen molar-refractivity contribution < 1.29 is 9.90 Å². The van der Waals surface area contributed by atoms with Crippen molar-refractivity contribution in [1.29, 1.82) is 0 Å². The summed E-state index contributed by atoms with van der Waals surface area (Å²) in [5, 5.41) is 8.66. The van der Waals surface area contributed by atoms with E-state index in [0.717, 1.165) is 19.5 Å². The standard InChI is InChI=1S/C19H36N2.C17H32O2.BrH/c1-3-5-6-7-8-9-10-11-12-13-14-15-16-21-18-17-20(4-2)19-21;1-3-4-5-6-7-8-9-10-11-12-13-14-15-16(2)17(18)19;/h4,17-18H,2-3,5-16,19H2,1H3;2-15H2,1H3,(H,18,19);1H. The van der Waals surface area contributed by atoms with Crippen LogP contribution >= 0.6 is 17.0 Å². The van der Waals surface area contributed by atoms with Crippen LogP contribution in [0.4, 0.5) is 0 Å². The van der Waals surface area contributed by atoms with Crippen molar-refractivity contribution in [3.05, 3.63) is 37.3 Å². The maximum atomic E-state index is 10.5. The molecule has 41 heavy (non-hydrogen) atoms. The molecule has 1 heterocycles. The van der Waals surface area contributed by atoms with Gasteiger partial charge in [-0.25, -0.2) is 4.79 Å². The Labute approximate surface area is 266 Å². The highest BCUT2D eigenvalue weighted by molar-refractivity contribution is 8.93. The highest BCUT2D eigenvalue weighted by atomic mass is 79.9. The monoisotopic (exact) mass is 640 g/mol. The second kappa shape index (κ2) is 33.3. The molecular formula is C36H69BrN2O2. The van der Waals surface area contributed by atoms with Gasteiger partial charge in [-0.15, -0.1) is 17.0 Å². The molecule has 1 aliphatic rings. The molecule has 0 unspecified atom stereocenters. The third-order valence-corrected chi connectivity index (χ3v) is 7.98. The summed E-state index contributed by atoms with van der Waals surface area (Å²) in [5.41, 5.74) is 0.354. The maximum Gasteiger partial charge on any atom is 0.330 e. The lowest BCUT2D eigenvalue weighted by atomic mass is 10.0. The highest BCUT2D eigenvalue weighted by Gasteiger charge is 2.08. The second-order valence-corrected chi connectivity index (χ2v) is 11.9. The molecule has 0 atom stereocenters. The van der Waals surface area contributed by atoms with Gasteiger partial charge in [-0.3, -0.25) is 0 Å². The van der Waals surface area contributed by atoms with E-state index in [0.29, 0.717) is 12.0 Å². The van der Waals surface area contributed by atoms with Crippen molar-refractivity contribution in [2.45, 2.75) is 174 Å². The topological polar surface area (TPSA) is 43.8 Å². The molecule has 5 heteroatoms. The highest BCUT2D eigenvalue weighted by Crippen LogP contribution is 2.15. The van der Waals surface area contributed by atoms with Gasteiger partial charge in [0.2, 0.25) is 0 Å². The van der Waals surface area contributed by atoms with Gasteiger partial charge in [0.25, 0.3) is 0 Å². The Balaban J connectivity index is 0. The molecule has 0 aromatic rings. The van der Waals surface area contributed by atoms with E-state index < -0.39 is 5.97 Å². The van der Waals surface area contributed by atoms with Gasteiger partial charge in [0, 0.05) is 24.5 Å². The minimum atomic E-state index is -0.844. The zero-order valence-corrected chi connectivity index (χ0v) is 29.1. The first-order valence-electron chi connectivity index (χ1n) is 17.3. The fraction of sp³-hybridized carbons (Fsp3) is 0.806. The molecule has 0 saturated heterocycles. The molecule has 0 radical (unpaired) electrons. The largest absolute Gasteiger partial charge is 0.478 e. The molecule has 0 amide bonds. The molecule has 0 aliphatic carbocycles. The van der Waals surface area contributed by atoms with E-state index in [9.17, 15) is 4.79 Å². The van der Waals surface area contributed by atoms with E-state index in [1.165, 1.54) is 148 Å². The van der Waals surface area contributed by atoms with Crippen molar-refractivity contribution in [3.63, 3.8) is 0 Å². The number of rotatable bonds is 28. The lowest BCUT2D eigenvalue weighted by Gasteiger charge is -2.18. The van der Waals surface area contributed by atoms with E-state index in [1.54, 1.807) is 0 Å². The van der Waals surface area contributed by atoms with Gasteiger partial charge in [-0.2, -0.15) is 0 Å². The van der Waals surface area contributed by atoms with Crippen LogP contribution in [0.1, 0.15) is 174 Å². The Morgan fingerprint density at radius 2 is 1.02 bits per heavy atom. The minimum absolute atomic E-state index is 0. The Morgan fingerprint density at radius 3 is 1.37 bits per heavy atom. The summed E-state index contributed by atoms with van der Waals surface area (Å²) < 4.78 is 0. The van der Waals surface area contributed by atoms with E-state index in [4.69, 9.17) is 5.11 Å². The summed E-state index contributed by atoms with van der Waals surface area (Å²) >= 11 is 0. The van der Waals surface area contributed by atoms with Crippen LogP contribution in [0.2, 0.25) is 0 Å². The first-order valence-corrected chi connectivity index (χ1v) is 17.3. The number of unbranched alkanes of at least 4 members (excludes halogenated alkanes) is 22. The molecular weight excluding hydrogens is 572 g/mol. The van der Waals surface area contributed by atoms with Gasteiger partial charge < -0.3 is 14.9 Å². The molecule has 0 aromatic heterocycles. The zero-order chi connectivity index (χ0) is 29.5. The predicted molar refractivity (Wildman–Crippen MR) is 187 cm³/mol. The van der Waals surface area contributed by atoms with Gasteiger partial charge in [0.1, 0.15) is 0 Å². The molecule has 0 spiro atoms. The fourth-order valence-corrected chi connectivity index (χ4v) is 5.19. The van der Waals surface area contributed by atoms with Crippen molar-refractivity contribution in [2.24, 2.45) is 0 Å². The first kappa shape index (κ1) is 41.9. The summed E-state index contributed by atoms with van der Waals surface area (Å²) in [6.45, 7) is 14.1. The third kappa shape index (κ3) is 30.0. The SMILES string of the molecule is Br.C=C(CCCCCCCCCCCCCC)C(=O)O.C=CN1C=CN(CCCCCCCCCCCCCC)C1. The first-order chi connectivity index (χ1) is 19.5. The molecule has 0 saturated carbocycles.